The Bertz CT molecular complexity index is 3530. The maximum Gasteiger partial charge on any atom is 0.137 e. The van der Waals surface area contributed by atoms with Gasteiger partial charge < -0.3 is 14.5 Å². The second-order valence-corrected chi connectivity index (χ2v) is 22.2. The number of aromatic nitrogens is 2. The first-order valence-electron chi connectivity index (χ1n) is 25.4. The van der Waals surface area contributed by atoms with Crippen LogP contribution >= 0.6 is 0 Å². The van der Waals surface area contributed by atoms with Crippen LogP contribution in [-0.2, 0) is 21.7 Å². The van der Waals surface area contributed by atoms with Gasteiger partial charge in [-0.25, -0.2) is 4.98 Å². The van der Waals surface area contributed by atoms with E-state index in [2.05, 4.69) is 283 Å². The molecule has 0 saturated heterocycles. The van der Waals surface area contributed by atoms with Gasteiger partial charge in [-0.2, -0.15) is 0 Å². The minimum Gasteiger partial charge on any atom is -0.457 e. The third-order valence-corrected chi connectivity index (χ3v) is 15.5. The first-order chi connectivity index (χ1) is 34.6. The van der Waals surface area contributed by atoms with Gasteiger partial charge in [0.1, 0.15) is 24.0 Å². The molecule has 5 heteroatoms. The second-order valence-electron chi connectivity index (χ2n) is 22.2. The van der Waals surface area contributed by atoms with Crippen molar-refractivity contribution < 1.29 is 4.74 Å². The zero-order valence-electron chi connectivity index (χ0n) is 43.1. The molecular weight excluding hydrogens is 877 g/mol. The topological polar surface area (TPSA) is 33.5 Å². The Morgan fingerprint density at radius 3 is 1.54 bits per heavy atom. The lowest BCUT2D eigenvalue weighted by Gasteiger charge is -2.33. The molecule has 0 fully saturated rings. The number of ether oxygens (including phenoxy) is 1. The van der Waals surface area contributed by atoms with Crippen molar-refractivity contribution in [3.63, 3.8) is 0 Å². The van der Waals surface area contributed by atoms with Crippen LogP contribution in [0.25, 0.3) is 27.6 Å². The lowest BCUT2D eigenvalue weighted by molar-refractivity contribution is 0.481. The van der Waals surface area contributed by atoms with Crippen LogP contribution in [-0.4, -0.2) is 16.2 Å². The maximum absolute atomic E-state index is 7.14. The molecule has 0 unspecified atom stereocenters. The van der Waals surface area contributed by atoms with Crippen molar-refractivity contribution in [2.75, 3.05) is 16.5 Å². The summed E-state index contributed by atoms with van der Waals surface area (Å²) >= 11 is 0. The number of benzene rings is 8. The fraction of sp³-hybridized carbons (Fsp3) is 0.209. The Morgan fingerprint density at radius 1 is 0.403 bits per heavy atom. The monoisotopic (exact) mass is 941 g/mol. The first kappa shape index (κ1) is 46.5. The summed E-state index contributed by atoms with van der Waals surface area (Å²) in [6, 6.07) is 74.9. The summed E-state index contributed by atoms with van der Waals surface area (Å²) in [5.74, 6) is 2.42. The predicted octanol–water partition coefficient (Wildman–Crippen LogP) is 17.5. The highest BCUT2D eigenvalue weighted by atomic mass is 16.5. The summed E-state index contributed by atoms with van der Waals surface area (Å²) < 4.78 is 9.46. The number of nitrogens with zero attached hydrogens (tertiary/aromatic N) is 4. The quantitative estimate of drug-likeness (QED) is 0.129. The van der Waals surface area contributed by atoms with Crippen LogP contribution in [0.3, 0.4) is 0 Å². The van der Waals surface area contributed by atoms with Crippen LogP contribution in [0.2, 0.25) is 0 Å². The summed E-state index contributed by atoms with van der Waals surface area (Å²) in [5, 5.41) is 2.38. The minimum atomic E-state index is -0.372. The standard InChI is InChI=1S/C67H64N4O/c1-64(2,3)49-36-37-68-62(41-49)71-58-33-20-19-32-56(58)63-57(67(8,9)48-28-17-12-18-29-48)43-55(44-61(63)71)72-54-31-23-30-52(42-54)69-45-70(60-35-22-21-34-59(60)69)53-39-50(65(4,5)46-24-13-10-14-25-46)38-51(40-53)66(6,7)47-26-15-11-16-27-47/h10-44H,45H2,1-9H3. The molecule has 11 rings (SSSR count). The van der Waals surface area contributed by atoms with E-state index in [9.17, 15) is 0 Å². The molecule has 3 heterocycles. The fourth-order valence-corrected chi connectivity index (χ4v) is 10.9. The van der Waals surface area contributed by atoms with E-state index in [0.717, 1.165) is 51.1 Å². The van der Waals surface area contributed by atoms with Gasteiger partial charge in [0.05, 0.1) is 22.4 Å². The molecule has 0 spiro atoms. The largest absolute Gasteiger partial charge is 0.457 e. The fourth-order valence-electron chi connectivity index (χ4n) is 10.9. The van der Waals surface area contributed by atoms with Crippen LogP contribution < -0.4 is 14.5 Å². The summed E-state index contributed by atoms with van der Waals surface area (Å²) in [7, 11) is 0. The van der Waals surface area contributed by atoms with Crippen molar-refractivity contribution in [2.24, 2.45) is 0 Å². The van der Waals surface area contributed by atoms with Crippen LogP contribution in [0.5, 0.6) is 11.5 Å². The average molecular weight is 941 g/mol. The summed E-state index contributed by atoms with van der Waals surface area (Å²) in [4.78, 5) is 9.93. The molecule has 0 atom stereocenters. The van der Waals surface area contributed by atoms with E-state index in [1.54, 1.807) is 0 Å². The summed E-state index contributed by atoms with van der Waals surface area (Å²) in [6.07, 6.45) is 1.95. The molecule has 2 aromatic heterocycles. The van der Waals surface area contributed by atoms with E-state index in [4.69, 9.17) is 9.72 Å². The summed E-state index contributed by atoms with van der Waals surface area (Å²) in [5.41, 5.74) is 14.6. The van der Waals surface area contributed by atoms with E-state index in [1.807, 2.05) is 6.20 Å². The molecule has 5 nitrogen and oxygen atoms in total. The molecule has 1 aliphatic rings. The molecule has 8 aromatic carbocycles. The Morgan fingerprint density at radius 2 is 0.944 bits per heavy atom. The Kier molecular flexibility index (Phi) is 11.5. The van der Waals surface area contributed by atoms with Crippen molar-refractivity contribution in [1.82, 2.24) is 9.55 Å². The van der Waals surface area contributed by atoms with Crippen LogP contribution in [0.1, 0.15) is 101 Å². The predicted molar refractivity (Wildman–Crippen MR) is 302 cm³/mol. The van der Waals surface area contributed by atoms with Gasteiger partial charge in [0.15, 0.2) is 0 Å². The smallest absolute Gasteiger partial charge is 0.137 e. The van der Waals surface area contributed by atoms with Crippen molar-refractivity contribution in [3.8, 4) is 17.3 Å². The molecule has 0 N–H and O–H groups in total. The van der Waals surface area contributed by atoms with Crippen LogP contribution in [0, 0.1) is 0 Å². The van der Waals surface area contributed by atoms with Crippen molar-refractivity contribution >= 4 is 44.6 Å². The molecular formula is C67H64N4O. The number of anilines is 4. The normalized spacial score (nSPS) is 13.2. The van der Waals surface area contributed by atoms with Gasteiger partial charge in [-0.05, 0) is 105 Å². The van der Waals surface area contributed by atoms with Crippen molar-refractivity contribution in [3.05, 3.63) is 251 Å². The van der Waals surface area contributed by atoms with E-state index >= 15 is 0 Å². The first-order valence-corrected chi connectivity index (χ1v) is 25.4. The lowest BCUT2D eigenvalue weighted by atomic mass is 9.73. The van der Waals surface area contributed by atoms with Crippen LogP contribution in [0.4, 0.5) is 22.7 Å². The molecule has 1 aliphatic heterocycles. The molecule has 0 radical (unpaired) electrons. The third kappa shape index (κ3) is 8.21. The molecule has 0 aliphatic carbocycles. The molecule has 0 saturated carbocycles. The van der Waals surface area contributed by atoms with E-state index in [1.165, 1.54) is 49.7 Å². The Balaban J connectivity index is 1.02. The van der Waals surface area contributed by atoms with Gasteiger partial charge in [-0.3, -0.25) is 4.57 Å². The van der Waals surface area contributed by atoms with Gasteiger partial charge in [-0.1, -0.05) is 196 Å². The van der Waals surface area contributed by atoms with Gasteiger partial charge in [0.25, 0.3) is 0 Å². The Hall–Kier alpha value is -7.89. The number of para-hydroxylation sites is 3. The molecule has 358 valence electrons. The van der Waals surface area contributed by atoms with Gasteiger partial charge in [0, 0.05) is 56.7 Å². The zero-order chi connectivity index (χ0) is 50.0. The number of pyridine rings is 1. The molecule has 0 amide bonds. The minimum absolute atomic E-state index is 0.0470. The van der Waals surface area contributed by atoms with E-state index in [-0.39, 0.29) is 21.7 Å². The van der Waals surface area contributed by atoms with Gasteiger partial charge in [0.2, 0.25) is 0 Å². The zero-order valence-corrected chi connectivity index (χ0v) is 43.1. The molecule has 72 heavy (non-hydrogen) atoms. The number of fused-ring (bicyclic) bond motifs is 4. The van der Waals surface area contributed by atoms with E-state index in [0.29, 0.717) is 6.67 Å². The number of rotatable bonds is 11. The SMILES string of the molecule is CC(C)(C)c1ccnc(-n2c3ccccc3c3c(C(C)(C)c4ccccc4)cc(Oc4cccc(N5CN(c6cc(C(C)(C)c7ccccc7)cc(C(C)(C)c7ccccc7)c6)c6ccccc65)c4)cc32)c1. The van der Waals surface area contributed by atoms with Gasteiger partial charge in [-0.15, -0.1) is 0 Å². The second kappa shape index (κ2) is 17.8. The van der Waals surface area contributed by atoms with Crippen molar-refractivity contribution in [1.29, 1.82) is 0 Å². The van der Waals surface area contributed by atoms with Crippen molar-refractivity contribution in [2.45, 2.75) is 84.0 Å². The van der Waals surface area contributed by atoms with Gasteiger partial charge >= 0.3 is 0 Å². The van der Waals surface area contributed by atoms with E-state index < -0.39 is 0 Å². The third-order valence-electron chi connectivity index (χ3n) is 15.5. The Labute approximate surface area is 426 Å². The number of hydrogen-bond donors (Lipinski definition) is 0. The maximum atomic E-state index is 7.14. The highest BCUT2D eigenvalue weighted by molar-refractivity contribution is 6.12. The van der Waals surface area contributed by atoms with Crippen LogP contribution in [0.15, 0.2) is 212 Å². The summed E-state index contributed by atoms with van der Waals surface area (Å²) in [6.45, 7) is 21.4. The number of hydrogen-bond acceptors (Lipinski definition) is 4. The highest BCUT2D eigenvalue weighted by Crippen LogP contribution is 2.49. The lowest BCUT2D eigenvalue weighted by Crippen LogP contribution is -2.27. The molecule has 0 bridgehead atoms. The highest BCUT2D eigenvalue weighted by Gasteiger charge is 2.34. The molecule has 10 aromatic rings. The average Bonchev–Trinajstić information content (AvgIpc) is 3.95.